The van der Waals surface area contributed by atoms with E-state index in [4.69, 9.17) is 4.74 Å². The minimum absolute atomic E-state index is 0.333. The molecule has 0 aromatic heterocycles. The molecular weight excluding hydrogens is 273 g/mol. The van der Waals surface area contributed by atoms with E-state index in [0.29, 0.717) is 12.0 Å². The van der Waals surface area contributed by atoms with Gasteiger partial charge in [0.2, 0.25) is 0 Å². The van der Waals surface area contributed by atoms with Crippen molar-refractivity contribution in [3.05, 3.63) is 29.8 Å². The van der Waals surface area contributed by atoms with Crippen LogP contribution in [0.3, 0.4) is 0 Å². The minimum atomic E-state index is -4.75. The Labute approximate surface area is 115 Å². The van der Waals surface area contributed by atoms with E-state index in [9.17, 15) is 18.0 Å². The van der Waals surface area contributed by atoms with Gasteiger partial charge in [-0.2, -0.15) is 0 Å². The molecule has 20 heavy (non-hydrogen) atoms. The molecule has 1 aromatic carbocycles. The number of alkyl halides is 3. The predicted octanol–water partition coefficient (Wildman–Crippen LogP) is 4.03. The van der Waals surface area contributed by atoms with Crippen LogP contribution in [0, 0.1) is 0 Å². The summed E-state index contributed by atoms with van der Waals surface area (Å²) in [6.45, 7) is 1.97. The molecule has 1 atom stereocenters. The summed E-state index contributed by atoms with van der Waals surface area (Å²) in [6, 6.07) is 5.45. The summed E-state index contributed by atoms with van der Waals surface area (Å²) in [5.41, 5.74) is 0.465. The van der Waals surface area contributed by atoms with Crippen LogP contribution in [0.5, 0.6) is 5.75 Å². The number of unbranched alkanes of at least 4 members (excludes halogenated alkanes) is 1. The van der Waals surface area contributed by atoms with E-state index >= 15 is 0 Å². The maximum absolute atomic E-state index is 12.2. The van der Waals surface area contributed by atoms with Crippen molar-refractivity contribution in [3.8, 4) is 5.75 Å². The lowest BCUT2D eigenvalue weighted by atomic mass is 9.93. The normalized spacial score (nSPS) is 12.8. The number of carbonyl (C=O) groups excluding carboxylic acids is 1. The van der Waals surface area contributed by atoms with Gasteiger partial charge in [-0.15, -0.1) is 13.2 Å². The van der Waals surface area contributed by atoms with Gasteiger partial charge in [-0.05, 0) is 24.1 Å². The van der Waals surface area contributed by atoms with Gasteiger partial charge in [0, 0.05) is 0 Å². The van der Waals surface area contributed by atoms with Crippen molar-refractivity contribution in [1.82, 2.24) is 0 Å². The fraction of sp³-hybridized carbons (Fsp3) is 0.500. The van der Waals surface area contributed by atoms with Gasteiger partial charge in [-0.1, -0.05) is 31.9 Å². The second kappa shape index (κ2) is 7.17. The molecule has 0 saturated carbocycles. The number of hydrogen-bond donors (Lipinski definition) is 0. The van der Waals surface area contributed by atoms with Crippen molar-refractivity contribution in [2.75, 3.05) is 7.11 Å². The lowest BCUT2D eigenvalue weighted by Gasteiger charge is -2.16. The van der Waals surface area contributed by atoms with Gasteiger partial charge in [-0.3, -0.25) is 4.79 Å². The molecule has 0 amide bonds. The van der Waals surface area contributed by atoms with E-state index in [1.54, 1.807) is 6.07 Å². The second-order valence-corrected chi connectivity index (χ2v) is 4.34. The summed E-state index contributed by atoms with van der Waals surface area (Å²) in [6.07, 6.45) is -2.56. The average Bonchev–Trinajstić information content (AvgIpc) is 2.37. The van der Waals surface area contributed by atoms with Gasteiger partial charge >= 0.3 is 12.3 Å². The predicted molar refractivity (Wildman–Crippen MR) is 67.4 cm³/mol. The summed E-state index contributed by atoms with van der Waals surface area (Å²) in [4.78, 5) is 11.7. The Morgan fingerprint density at radius 1 is 1.35 bits per heavy atom. The van der Waals surface area contributed by atoms with Crippen LogP contribution in [-0.4, -0.2) is 19.4 Å². The van der Waals surface area contributed by atoms with Crippen molar-refractivity contribution in [3.63, 3.8) is 0 Å². The molecule has 6 heteroatoms. The van der Waals surface area contributed by atoms with Crippen LogP contribution in [0.4, 0.5) is 13.2 Å². The van der Waals surface area contributed by atoms with Crippen molar-refractivity contribution in [2.24, 2.45) is 0 Å². The van der Waals surface area contributed by atoms with E-state index in [1.165, 1.54) is 25.3 Å². The minimum Gasteiger partial charge on any atom is -0.469 e. The first-order chi connectivity index (χ1) is 9.37. The Hall–Kier alpha value is -1.72. The summed E-state index contributed by atoms with van der Waals surface area (Å²) >= 11 is 0. The molecule has 1 rings (SSSR count). The van der Waals surface area contributed by atoms with Gasteiger partial charge in [-0.25, -0.2) is 0 Å². The molecule has 3 nitrogen and oxygen atoms in total. The van der Waals surface area contributed by atoms with Gasteiger partial charge in [0.1, 0.15) is 5.75 Å². The smallest absolute Gasteiger partial charge is 0.469 e. The van der Waals surface area contributed by atoms with Gasteiger partial charge < -0.3 is 9.47 Å². The topological polar surface area (TPSA) is 35.5 Å². The molecule has 0 heterocycles. The maximum atomic E-state index is 12.2. The van der Waals surface area contributed by atoms with Gasteiger partial charge in [0.05, 0.1) is 13.0 Å². The van der Waals surface area contributed by atoms with Crippen molar-refractivity contribution in [2.45, 2.75) is 38.5 Å². The molecule has 0 bridgehead atoms. The Kier molecular flexibility index (Phi) is 5.85. The molecule has 0 spiro atoms. The molecule has 0 N–H and O–H groups in total. The Bertz CT molecular complexity index is 444. The number of ether oxygens (including phenoxy) is 2. The first-order valence-corrected chi connectivity index (χ1v) is 6.31. The summed E-state index contributed by atoms with van der Waals surface area (Å²) < 4.78 is 45.1. The van der Waals surface area contributed by atoms with Crippen LogP contribution in [0.25, 0.3) is 0 Å². The molecule has 1 aromatic rings. The third kappa shape index (κ3) is 5.11. The number of halogens is 3. The zero-order chi connectivity index (χ0) is 15.2. The summed E-state index contributed by atoms with van der Waals surface area (Å²) in [7, 11) is 1.26. The zero-order valence-corrected chi connectivity index (χ0v) is 11.4. The van der Waals surface area contributed by atoms with Gasteiger partial charge in [0.15, 0.2) is 0 Å². The average molecular weight is 290 g/mol. The number of rotatable bonds is 6. The van der Waals surface area contributed by atoms with E-state index in [1.807, 2.05) is 6.92 Å². The first kappa shape index (κ1) is 16.3. The molecule has 0 saturated heterocycles. The molecule has 1 unspecified atom stereocenters. The Balaban J connectivity index is 2.95. The highest BCUT2D eigenvalue weighted by Crippen LogP contribution is 2.29. The third-order valence-electron chi connectivity index (χ3n) is 2.83. The van der Waals surface area contributed by atoms with Crippen molar-refractivity contribution >= 4 is 5.97 Å². The number of hydrogen-bond acceptors (Lipinski definition) is 3. The highest BCUT2D eigenvalue weighted by molar-refractivity contribution is 5.78. The zero-order valence-electron chi connectivity index (χ0n) is 11.4. The standard InChI is InChI=1S/C14H17F3O3/c1-3-4-8-12(13(18)19-2)10-6-5-7-11(9-10)20-14(15,16)17/h5-7,9,12H,3-4,8H2,1-2H3. The Morgan fingerprint density at radius 3 is 2.60 bits per heavy atom. The van der Waals surface area contributed by atoms with E-state index in [0.717, 1.165) is 12.8 Å². The van der Waals surface area contributed by atoms with Crippen LogP contribution < -0.4 is 4.74 Å². The number of carbonyl (C=O) groups is 1. The lowest BCUT2D eigenvalue weighted by Crippen LogP contribution is -2.18. The summed E-state index contributed by atoms with van der Waals surface area (Å²) in [5, 5.41) is 0. The molecular formula is C14H17F3O3. The van der Waals surface area contributed by atoms with E-state index < -0.39 is 18.2 Å². The van der Waals surface area contributed by atoms with Crippen molar-refractivity contribution in [1.29, 1.82) is 0 Å². The van der Waals surface area contributed by atoms with E-state index in [2.05, 4.69) is 4.74 Å². The highest BCUT2D eigenvalue weighted by Gasteiger charge is 2.31. The van der Waals surface area contributed by atoms with E-state index in [-0.39, 0.29) is 5.75 Å². The van der Waals surface area contributed by atoms with Crippen LogP contribution in [-0.2, 0) is 9.53 Å². The van der Waals surface area contributed by atoms with Crippen LogP contribution >= 0.6 is 0 Å². The fourth-order valence-corrected chi connectivity index (χ4v) is 1.90. The molecule has 112 valence electrons. The van der Waals surface area contributed by atoms with Crippen LogP contribution in [0.1, 0.15) is 37.7 Å². The monoisotopic (exact) mass is 290 g/mol. The van der Waals surface area contributed by atoms with Crippen LogP contribution in [0.2, 0.25) is 0 Å². The largest absolute Gasteiger partial charge is 0.573 e. The fourth-order valence-electron chi connectivity index (χ4n) is 1.90. The van der Waals surface area contributed by atoms with Crippen molar-refractivity contribution < 1.29 is 27.4 Å². The first-order valence-electron chi connectivity index (χ1n) is 6.31. The lowest BCUT2D eigenvalue weighted by molar-refractivity contribution is -0.274. The molecule has 0 aliphatic heterocycles. The number of benzene rings is 1. The second-order valence-electron chi connectivity index (χ2n) is 4.34. The maximum Gasteiger partial charge on any atom is 0.573 e. The van der Waals surface area contributed by atoms with Crippen LogP contribution in [0.15, 0.2) is 24.3 Å². The number of methoxy groups -OCH3 is 1. The molecule has 0 aliphatic rings. The molecule has 0 radical (unpaired) electrons. The SMILES string of the molecule is CCCCC(C(=O)OC)c1cccc(OC(F)(F)F)c1. The molecule has 0 fully saturated rings. The summed E-state index contributed by atoms with van der Waals surface area (Å²) in [5.74, 6) is -1.36. The Morgan fingerprint density at radius 2 is 2.05 bits per heavy atom. The number of esters is 1. The molecule has 0 aliphatic carbocycles. The third-order valence-corrected chi connectivity index (χ3v) is 2.83. The highest BCUT2D eigenvalue weighted by atomic mass is 19.4. The van der Waals surface area contributed by atoms with Gasteiger partial charge in [0.25, 0.3) is 0 Å². The quantitative estimate of drug-likeness (QED) is 0.742.